The van der Waals surface area contributed by atoms with Crippen molar-refractivity contribution in [3.63, 3.8) is 0 Å². The van der Waals surface area contributed by atoms with E-state index < -0.39 is 0 Å². The molecular formula is C28H35NO3. The third-order valence-corrected chi connectivity index (χ3v) is 6.28. The average molecular weight is 434 g/mol. The summed E-state index contributed by atoms with van der Waals surface area (Å²) in [6, 6.07) is 19.0. The fourth-order valence-corrected chi connectivity index (χ4v) is 4.83. The van der Waals surface area contributed by atoms with Crippen LogP contribution in [-0.4, -0.2) is 28.4 Å². The summed E-state index contributed by atoms with van der Waals surface area (Å²) in [5.41, 5.74) is 6.85. The smallest absolute Gasteiger partial charge is 0.126 e. The zero-order chi connectivity index (χ0) is 23.3. The minimum Gasteiger partial charge on any atom is -0.496 e. The molecule has 0 bridgehead atoms. The Morgan fingerprint density at radius 2 is 1.12 bits per heavy atom. The van der Waals surface area contributed by atoms with Crippen LogP contribution >= 0.6 is 0 Å². The lowest BCUT2D eigenvalue weighted by molar-refractivity contribution is 0.370. The van der Waals surface area contributed by atoms with Gasteiger partial charge in [0.2, 0.25) is 0 Å². The van der Waals surface area contributed by atoms with E-state index in [0.29, 0.717) is 0 Å². The fourth-order valence-electron chi connectivity index (χ4n) is 4.83. The lowest BCUT2D eigenvalue weighted by Gasteiger charge is -2.31. The van der Waals surface area contributed by atoms with E-state index in [9.17, 15) is 0 Å². The maximum absolute atomic E-state index is 5.90. The summed E-state index contributed by atoms with van der Waals surface area (Å²) in [5.74, 6) is 2.87. The van der Waals surface area contributed by atoms with Gasteiger partial charge in [0, 0.05) is 17.5 Å². The summed E-state index contributed by atoms with van der Waals surface area (Å²) in [7, 11) is 7.24. The molecule has 1 N–H and O–H groups in total. The second kappa shape index (κ2) is 10.6. The summed E-state index contributed by atoms with van der Waals surface area (Å²) in [6.45, 7) is 6.26. The first-order chi connectivity index (χ1) is 15.5. The molecule has 0 saturated carbocycles. The van der Waals surface area contributed by atoms with Gasteiger partial charge in [-0.2, -0.15) is 0 Å². The van der Waals surface area contributed by atoms with Gasteiger partial charge in [0.25, 0.3) is 0 Å². The summed E-state index contributed by atoms with van der Waals surface area (Å²) >= 11 is 0. The highest BCUT2D eigenvalue weighted by atomic mass is 16.5. The minimum absolute atomic E-state index is 0.00534. The molecule has 3 aromatic rings. The third kappa shape index (κ3) is 4.61. The largest absolute Gasteiger partial charge is 0.496 e. The zero-order valence-electron chi connectivity index (χ0n) is 20.3. The highest BCUT2D eigenvalue weighted by molar-refractivity contribution is 5.50. The molecule has 3 rings (SSSR count). The third-order valence-electron chi connectivity index (χ3n) is 6.28. The Bertz CT molecular complexity index is 1060. The summed E-state index contributed by atoms with van der Waals surface area (Å²) < 4.78 is 17.5. The van der Waals surface area contributed by atoms with Gasteiger partial charge in [-0.1, -0.05) is 54.6 Å². The van der Waals surface area contributed by atoms with Crippen molar-refractivity contribution in [2.45, 2.75) is 39.2 Å². The van der Waals surface area contributed by atoms with E-state index >= 15 is 0 Å². The number of para-hydroxylation sites is 3. The summed E-state index contributed by atoms with van der Waals surface area (Å²) in [6.07, 6.45) is 0.785. The van der Waals surface area contributed by atoms with Crippen LogP contribution in [-0.2, 0) is 6.42 Å². The molecule has 0 aliphatic rings. The first kappa shape index (κ1) is 23.7. The number of benzene rings is 3. The van der Waals surface area contributed by atoms with Crippen molar-refractivity contribution in [1.29, 1.82) is 0 Å². The predicted octanol–water partition coefficient (Wildman–Crippen LogP) is 5.92. The molecule has 0 fully saturated rings. The predicted molar refractivity (Wildman–Crippen MR) is 131 cm³/mol. The molecule has 2 atom stereocenters. The van der Waals surface area contributed by atoms with E-state index in [1.54, 1.807) is 21.3 Å². The van der Waals surface area contributed by atoms with Crippen LogP contribution in [0.5, 0.6) is 17.2 Å². The standard InChI is InChI=1S/C28H35NO3/c1-18-11-8-14-21(26(18)30-5)17-24(22-15-9-12-19(2)27(22)31-6)25(29-4)23-16-10-13-20(3)28(23)32-7/h8-16,24-25,29H,17H2,1-7H3. The average Bonchev–Trinajstić information content (AvgIpc) is 2.79. The molecule has 0 saturated heterocycles. The van der Waals surface area contributed by atoms with Crippen LogP contribution in [0.2, 0.25) is 0 Å². The number of methoxy groups -OCH3 is 3. The first-order valence-corrected chi connectivity index (χ1v) is 11.0. The summed E-state index contributed by atoms with van der Waals surface area (Å²) in [4.78, 5) is 0. The Morgan fingerprint density at radius 3 is 1.66 bits per heavy atom. The van der Waals surface area contributed by atoms with E-state index in [1.165, 1.54) is 11.1 Å². The van der Waals surface area contributed by atoms with Crippen molar-refractivity contribution in [3.05, 3.63) is 88.0 Å². The van der Waals surface area contributed by atoms with Gasteiger partial charge in [-0.25, -0.2) is 0 Å². The normalized spacial score (nSPS) is 12.8. The minimum atomic E-state index is 0.00534. The molecule has 2 unspecified atom stereocenters. The van der Waals surface area contributed by atoms with E-state index in [4.69, 9.17) is 14.2 Å². The number of rotatable bonds is 9. The van der Waals surface area contributed by atoms with Crippen molar-refractivity contribution < 1.29 is 14.2 Å². The van der Waals surface area contributed by atoms with E-state index in [-0.39, 0.29) is 12.0 Å². The van der Waals surface area contributed by atoms with Gasteiger partial charge in [0.15, 0.2) is 0 Å². The van der Waals surface area contributed by atoms with E-state index in [1.807, 2.05) is 7.05 Å². The second-order valence-corrected chi connectivity index (χ2v) is 8.24. The van der Waals surface area contributed by atoms with Crippen molar-refractivity contribution >= 4 is 0 Å². The van der Waals surface area contributed by atoms with Crippen molar-refractivity contribution in [3.8, 4) is 17.2 Å². The Kier molecular flexibility index (Phi) is 7.81. The molecule has 0 heterocycles. The highest BCUT2D eigenvalue weighted by Crippen LogP contribution is 2.44. The Balaban J connectivity index is 2.22. The number of aryl methyl sites for hydroxylation is 3. The van der Waals surface area contributed by atoms with Crippen molar-refractivity contribution in [1.82, 2.24) is 5.32 Å². The van der Waals surface area contributed by atoms with E-state index in [2.05, 4.69) is 80.7 Å². The molecule has 0 aliphatic heterocycles. The lowest BCUT2D eigenvalue weighted by Crippen LogP contribution is -2.27. The number of hydrogen-bond donors (Lipinski definition) is 1. The number of nitrogens with one attached hydrogen (secondary N) is 1. The number of likely N-dealkylation sites (N-methyl/N-ethyl adjacent to an activating group) is 1. The van der Waals surface area contributed by atoms with Crippen LogP contribution in [0.15, 0.2) is 54.6 Å². The highest BCUT2D eigenvalue weighted by Gasteiger charge is 2.30. The Morgan fingerprint density at radius 1 is 0.656 bits per heavy atom. The topological polar surface area (TPSA) is 39.7 Å². The number of ether oxygens (including phenoxy) is 3. The van der Waals surface area contributed by atoms with Crippen LogP contribution in [0.4, 0.5) is 0 Å². The monoisotopic (exact) mass is 433 g/mol. The molecule has 3 aromatic carbocycles. The van der Waals surface area contributed by atoms with Crippen LogP contribution in [0.3, 0.4) is 0 Å². The first-order valence-electron chi connectivity index (χ1n) is 11.0. The molecule has 0 aliphatic carbocycles. The lowest BCUT2D eigenvalue weighted by atomic mass is 9.80. The van der Waals surface area contributed by atoms with Gasteiger partial charge < -0.3 is 19.5 Å². The quantitative estimate of drug-likeness (QED) is 0.454. The second-order valence-electron chi connectivity index (χ2n) is 8.24. The van der Waals surface area contributed by atoms with Crippen molar-refractivity contribution in [2.75, 3.05) is 28.4 Å². The van der Waals surface area contributed by atoms with Gasteiger partial charge in [-0.15, -0.1) is 0 Å². The van der Waals surface area contributed by atoms with Gasteiger partial charge in [0.1, 0.15) is 17.2 Å². The van der Waals surface area contributed by atoms with Crippen LogP contribution in [0.1, 0.15) is 45.3 Å². The number of hydrogen-bond acceptors (Lipinski definition) is 4. The van der Waals surface area contributed by atoms with Crippen LogP contribution < -0.4 is 19.5 Å². The molecule has 0 spiro atoms. The molecular weight excluding hydrogens is 398 g/mol. The molecule has 0 amide bonds. The van der Waals surface area contributed by atoms with Gasteiger partial charge >= 0.3 is 0 Å². The van der Waals surface area contributed by atoms with Crippen LogP contribution in [0, 0.1) is 20.8 Å². The van der Waals surface area contributed by atoms with Gasteiger partial charge in [-0.05, 0) is 62.1 Å². The Hall–Kier alpha value is -2.98. The zero-order valence-corrected chi connectivity index (χ0v) is 20.3. The van der Waals surface area contributed by atoms with Gasteiger partial charge in [0.05, 0.1) is 21.3 Å². The fraction of sp³-hybridized carbons (Fsp3) is 0.357. The van der Waals surface area contributed by atoms with E-state index in [0.717, 1.165) is 45.9 Å². The maximum atomic E-state index is 5.90. The summed E-state index contributed by atoms with van der Waals surface area (Å²) in [5, 5.41) is 3.59. The molecule has 32 heavy (non-hydrogen) atoms. The van der Waals surface area contributed by atoms with Crippen molar-refractivity contribution in [2.24, 2.45) is 0 Å². The molecule has 170 valence electrons. The molecule has 4 nitrogen and oxygen atoms in total. The molecule has 4 heteroatoms. The SMILES string of the molecule is CNC(c1cccc(C)c1OC)C(Cc1cccc(C)c1OC)c1cccc(C)c1OC. The van der Waals surface area contributed by atoms with Crippen LogP contribution in [0.25, 0.3) is 0 Å². The molecule has 0 radical (unpaired) electrons. The molecule has 0 aromatic heterocycles. The van der Waals surface area contributed by atoms with Gasteiger partial charge in [-0.3, -0.25) is 0 Å². The maximum Gasteiger partial charge on any atom is 0.126 e. The Labute approximate surface area is 192 Å².